The van der Waals surface area contributed by atoms with Crippen molar-refractivity contribution < 1.29 is 13.9 Å². The third-order valence-corrected chi connectivity index (χ3v) is 3.30. The lowest BCUT2D eigenvalue weighted by atomic mass is 10.2. The molecule has 0 radical (unpaired) electrons. The van der Waals surface area contributed by atoms with E-state index in [4.69, 9.17) is 4.74 Å². The van der Waals surface area contributed by atoms with Gasteiger partial charge in [0, 0.05) is 3.57 Å². The number of nitrogens with one attached hydrogen (secondary N) is 1. The lowest BCUT2D eigenvalue weighted by molar-refractivity contribution is -0.118. The molecule has 20 heavy (non-hydrogen) atoms. The van der Waals surface area contributed by atoms with E-state index in [1.807, 2.05) is 12.1 Å². The number of hydrogen-bond donors (Lipinski definition) is 1. The minimum absolute atomic E-state index is 0.159. The van der Waals surface area contributed by atoms with E-state index in [0.717, 1.165) is 9.13 Å². The largest absolute Gasteiger partial charge is 0.484 e. The molecule has 2 aromatic carbocycles. The zero-order valence-corrected chi connectivity index (χ0v) is 13.0. The summed E-state index contributed by atoms with van der Waals surface area (Å²) in [7, 11) is 0. The predicted molar refractivity (Wildman–Crippen MR) is 84.4 cm³/mol. The predicted octanol–water partition coefficient (Wildman–Crippen LogP) is 3.76. The van der Waals surface area contributed by atoms with Gasteiger partial charge in [0.1, 0.15) is 11.6 Å². The van der Waals surface area contributed by atoms with Gasteiger partial charge in [-0.25, -0.2) is 4.39 Å². The fourth-order valence-electron chi connectivity index (χ4n) is 1.59. The van der Waals surface area contributed by atoms with Gasteiger partial charge in [0.15, 0.2) is 6.61 Å². The molecule has 3 nitrogen and oxygen atoms in total. The smallest absolute Gasteiger partial charge is 0.262 e. The molecule has 0 fully saturated rings. The van der Waals surface area contributed by atoms with E-state index in [-0.39, 0.29) is 12.3 Å². The molecule has 0 aliphatic rings. The first-order valence-corrected chi connectivity index (χ1v) is 7.07. The van der Waals surface area contributed by atoms with Crippen LogP contribution in [0.1, 0.15) is 5.56 Å². The number of amides is 1. The average Bonchev–Trinajstić information content (AvgIpc) is 2.41. The molecular formula is C15H13FINO2. The average molecular weight is 385 g/mol. The quantitative estimate of drug-likeness (QED) is 0.815. The van der Waals surface area contributed by atoms with Crippen LogP contribution < -0.4 is 10.1 Å². The minimum Gasteiger partial charge on any atom is -0.484 e. The minimum atomic E-state index is -0.451. The molecule has 0 aromatic heterocycles. The van der Waals surface area contributed by atoms with Gasteiger partial charge in [-0.3, -0.25) is 4.79 Å². The van der Waals surface area contributed by atoms with Crippen molar-refractivity contribution in [1.82, 2.24) is 0 Å². The normalized spacial score (nSPS) is 10.2. The van der Waals surface area contributed by atoms with E-state index in [9.17, 15) is 9.18 Å². The highest BCUT2D eigenvalue weighted by Gasteiger charge is 2.07. The van der Waals surface area contributed by atoms with E-state index < -0.39 is 11.7 Å². The van der Waals surface area contributed by atoms with E-state index >= 15 is 0 Å². The summed E-state index contributed by atoms with van der Waals surface area (Å²) in [6.07, 6.45) is 0. The van der Waals surface area contributed by atoms with Crippen LogP contribution in [0.4, 0.5) is 10.1 Å². The van der Waals surface area contributed by atoms with Gasteiger partial charge in [-0.1, -0.05) is 6.07 Å². The summed E-state index contributed by atoms with van der Waals surface area (Å²) >= 11 is 2.18. The molecule has 0 atom stereocenters. The second-order valence-electron chi connectivity index (χ2n) is 4.27. The first-order chi connectivity index (χ1) is 9.54. The highest BCUT2D eigenvalue weighted by Crippen LogP contribution is 2.16. The van der Waals surface area contributed by atoms with Gasteiger partial charge >= 0.3 is 0 Å². The maximum atomic E-state index is 13.6. The molecule has 1 amide bonds. The number of hydrogen-bond acceptors (Lipinski definition) is 2. The van der Waals surface area contributed by atoms with Crippen LogP contribution in [0.5, 0.6) is 5.75 Å². The number of rotatable bonds is 4. The zero-order chi connectivity index (χ0) is 14.5. The Bertz CT molecular complexity index is 614. The molecule has 0 unspecified atom stereocenters. The summed E-state index contributed by atoms with van der Waals surface area (Å²) in [5.41, 5.74) is 0.961. The van der Waals surface area contributed by atoms with Crippen LogP contribution in [0.15, 0.2) is 42.5 Å². The molecule has 0 aliphatic carbocycles. The van der Waals surface area contributed by atoms with Crippen LogP contribution in [0.3, 0.4) is 0 Å². The van der Waals surface area contributed by atoms with E-state index in [0.29, 0.717) is 5.75 Å². The Balaban J connectivity index is 1.90. The lowest BCUT2D eigenvalue weighted by Gasteiger charge is -2.08. The molecule has 0 aliphatic heterocycles. The van der Waals surface area contributed by atoms with E-state index in [2.05, 4.69) is 27.9 Å². The van der Waals surface area contributed by atoms with Gasteiger partial charge in [-0.2, -0.15) is 0 Å². The molecule has 0 bridgehead atoms. The summed E-state index contributed by atoms with van der Waals surface area (Å²) in [6, 6.07) is 12.0. The molecule has 0 saturated heterocycles. The molecule has 0 spiro atoms. The number of halogens is 2. The SMILES string of the molecule is Cc1ccc(NC(=O)COc2ccc(I)cc2)c(F)c1. The Labute approximate surface area is 130 Å². The summed E-state index contributed by atoms with van der Waals surface area (Å²) in [4.78, 5) is 11.7. The lowest BCUT2D eigenvalue weighted by Crippen LogP contribution is -2.20. The van der Waals surface area contributed by atoms with Crippen LogP contribution in [0.2, 0.25) is 0 Å². The number of aryl methyl sites for hydroxylation is 1. The molecule has 0 heterocycles. The van der Waals surface area contributed by atoms with Crippen molar-refractivity contribution in [1.29, 1.82) is 0 Å². The van der Waals surface area contributed by atoms with Crippen molar-refractivity contribution in [3.8, 4) is 5.75 Å². The van der Waals surface area contributed by atoms with Gasteiger partial charge in [0.25, 0.3) is 5.91 Å². The molecule has 5 heteroatoms. The van der Waals surface area contributed by atoms with Crippen molar-refractivity contribution in [2.75, 3.05) is 11.9 Å². The van der Waals surface area contributed by atoms with Crippen LogP contribution in [0.25, 0.3) is 0 Å². The monoisotopic (exact) mass is 385 g/mol. The Morgan fingerprint density at radius 2 is 1.95 bits per heavy atom. The fraction of sp³-hybridized carbons (Fsp3) is 0.133. The molecular weight excluding hydrogens is 372 g/mol. The molecule has 104 valence electrons. The second kappa shape index (κ2) is 6.69. The number of carbonyl (C=O) groups is 1. The topological polar surface area (TPSA) is 38.3 Å². The van der Waals surface area contributed by atoms with E-state index in [1.165, 1.54) is 12.1 Å². The number of benzene rings is 2. The van der Waals surface area contributed by atoms with Crippen LogP contribution in [-0.4, -0.2) is 12.5 Å². The summed E-state index contributed by atoms with van der Waals surface area (Å²) in [5.74, 6) is -0.246. The Hall–Kier alpha value is -1.63. The molecule has 2 rings (SSSR count). The Kier molecular flexibility index (Phi) is 4.94. The van der Waals surface area contributed by atoms with Crippen molar-refractivity contribution >= 4 is 34.2 Å². The third kappa shape index (κ3) is 4.19. The standard InChI is InChI=1S/C15H13FINO2/c1-10-2-7-14(13(16)8-10)18-15(19)9-20-12-5-3-11(17)4-6-12/h2-8H,9H2,1H3,(H,18,19). The van der Waals surface area contributed by atoms with Gasteiger partial charge in [-0.05, 0) is 71.5 Å². The van der Waals surface area contributed by atoms with Gasteiger partial charge in [0.05, 0.1) is 5.69 Å². The Morgan fingerprint density at radius 1 is 1.25 bits per heavy atom. The third-order valence-electron chi connectivity index (χ3n) is 2.58. The maximum absolute atomic E-state index is 13.6. The first-order valence-electron chi connectivity index (χ1n) is 5.99. The molecule has 1 N–H and O–H groups in total. The highest BCUT2D eigenvalue weighted by atomic mass is 127. The zero-order valence-electron chi connectivity index (χ0n) is 10.8. The van der Waals surface area contributed by atoms with Crippen molar-refractivity contribution in [2.24, 2.45) is 0 Å². The maximum Gasteiger partial charge on any atom is 0.262 e. The van der Waals surface area contributed by atoms with Gasteiger partial charge < -0.3 is 10.1 Å². The molecule has 2 aromatic rings. The van der Waals surface area contributed by atoms with Crippen molar-refractivity contribution in [3.63, 3.8) is 0 Å². The van der Waals surface area contributed by atoms with Crippen molar-refractivity contribution in [2.45, 2.75) is 6.92 Å². The fourth-order valence-corrected chi connectivity index (χ4v) is 1.95. The van der Waals surface area contributed by atoms with Crippen LogP contribution in [0, 0.1) is 16.3 Å². The van der Waals surface area contributed by atoms with Gasteiger partial charge in [0.2, 0.25) is 0 Å². The van der Waals surface area contributed by atoms with Crippen LogP contribution >= 0.6 is 22.6 Å². The first kappa shape index (κ1) is 14.8. The molecule has 0 saturated carbocycles. The second-order valence-corrected chi connectivity index (χ2v) is 5.52. The number of carbonyl (C=O) groups excluding carboxylic acids is 1. The Morgan fingerprint density at radius 3 is 2.60 bits per heavy atom. The number of ether oxygens (including phenoxy) is 1. The van der Waals surface area contributed by atoms with Crippen molar-refractivity contribution in [3.05, 3.63) is 57.4 Å². The summed E-state index contributed by atoms with van der Waals surface area (Å²) in [6.45, 7) is 1.63. The highest BCUT2D eigenvalue weighted by molar-refractivity contribution is 14.1. The summed E-state index contributed by atoms with van der Waals surface area (Å²) < 4.78 is 20.0. The van der Waals surface area contributed by atoms with E-state index in [1.54, 1.807) is 25.1 Å². The summed E-state index contributed by atoms with van der Waals surface area (Å²) in [5, 5.41) is 2.48. The van der Waals surface area contributed by atoms with Gasteiger partial charge in [-0.15, -0.1) is 0 Å². The number of anilines is 1. The van der Waals surface area contributed by atoms with Crippen LogP contribution in [-0.2, 0) is 4.79 Å².